The number of hydrogen-bond acceptors (Lipinski definition) is 5. The van der Waals surface area contributed by atoms with E-state index in [1.165, 1.54) is 0 Å². The first-order chi connectivity index (χ1) is 12.0. The van der Waals surface area contributed by atoms with Crippen LogP contribution in [-0.4, -0.2) is 26.5 Å². The van der Waals surface area contributed by atoms with Crippen molar-refractivity contribution < 1.29 is 9.53 Å². The molecule has 1 heterocycles. The third-order valence-electron chi connectivity index (χ3n) is 3.30. The van der Waals surface area contributed by atoms with Gasteiger partial charge in [-0.25, -0.2) is 0 Å². The lowest BCUT2D eigenvalue weighted by atomic mass is 10.1. The summed E-state index contributed by atoms with van der Waals surface area (Å²) in [6.45, 7) is 1.98. The second-order valence-corrected chi connectivity index (χ2v) is 6.01. The normalized spacial score (nSPS) is 10.5. The van der Waals surface area contributed by atoms with Crippen LogP contribution in [0.15, 0.2) is 36.4 Å². The second-order valence-electron chi connectivity index (χ2n) is 5.20. The molecular formula is C16H13Cl2N5O2. The van der Waals surface area contributed by atoms with Gasteiger partial charge in [-0.1, -0.05) is 40.0 Å². The number of hydrogen-bond donors (Lipinski definition) is 2. The number of aryl methyl sites for hydroxylation is 1. The van der Waals surface area contributed by atoms with Crippen LogP contribution < -0.4 is 10.1 Å². The van der Waals surface area contributed by atoms with Crippen molar-refractivity contribution in [3.63, 3.8) is 0 Å². The lowest BCUT2D eigenvalue weighted by Gasteiger charge is -2.12. The number of aromatic nitrogens is 4. The maximum Gasteiger partial charge on any atom is 0.259 e. The van der Waals surface area contributed by atoms with Crippen LogP contribution in [0.2, 0.25) is 10.0 Å². The molecule has 1 aromatic heterocycles. The van der Waals surface area contributed by atoms with Gasteiger partial charge >= 0.3 is 0 Å². The van der Waals surface area contributed by atoms with E-state index in [1.807, 2.05) is 13.0 Å². The Bertz CT molecular complexity index is 900. The molecule has 0 fully saturated rings. The van der Waals surface area contributed by atoms with Crippen LogP contribution in [0.3, 0.4) is 0 Å². The minimum absolute atomic E-state index is 0.0899. The fourth-order valence-electron chi connectivity index (χ4n) is 2.11. The van der Waals surface area contributed by atoms with Gasteiger partial charge in [-0.15, -0.1) is 10.2 Å². The zero-order valence-corrected chi connectivity index (χ0v) is 14.6. The van der Waals surface area contributed by atoms with E-state index in [4.69, 9.17) is 27.9 Å². The van der Waals surface area contributed by atoms with Crippen molar-refractivity contribution in [1.29, 1.82) is 0 Å². The molecule has 2 aromatic carbocycles. The van der Waals surface area contributed by atoms with Crippen molar-refractivity contribution in [3.8, 4) is 5.75 Å². The summed E-state index contributed by atoms with van der Waals surface area (Å²) in [5, 5.41) is 17.0. The minimum Gasteiger partial charge on any atom is -0.485 e. The summed E-state index contributed by atoms with van der Waals surface area (Å²) in [5.74, 6) is 0.467. The first-order valence-electron chi connectivity index (χ1n) is 7.25. The van der Waals surface area contributed by atoms with Crippen LogP contribution in [0.5, 0.6) is 5.75 Å². The summed E-state index contributed by atoms with van der Waals surface area (Å²) < 4.78 is 5.65. The number of rotatable bonds is 5. The van der Waals surface area contributed by atoms with E-state index in [9.17, 15) is 4.79 Å². The molecule has 0 bridgehead atoms. The van der Waals surface area contributed by atoms with Crippen LogP contribution in [0, 0.1) is 6.92 Å². The number of carbonyl (C=O) groups excluding carboxylic acids is 1. The third-order valence-corrected chi connectivity index (χ3v) is 4.04. The second kappa shape index (κ2) is 7.50. The number of benzene rings is 2. The highest BCUT2D eigenvalue weighted by molar-refractivity contribution is 6.42. The van der Waals surface area contributed by atoms with E-state index in [2.05, 4.69) is 25.9 Å². The maximum absolute atomic E-state index is 12.6. The number of amides is 1. The largest absolute Gasteiger partial charge is 0.485 e. The van der Waals surface area contributed by atoms with Gasteiger partial charge in [-0.05, 0) is 37.3 Å². The van der Waals surface area contributed by atoms with E-state index in [0.717, 1.165) is 5.56 Å². The molecule has 0 aliphatic heterocycles. The molecule has 0 spiro atoms. The summed E-state index contributed by atoms with van der Waals surface area (Å²) in [5.41, 5.74) is 1.84. The van der Waals surface area contributed by atoms with Crippen molar-refractivity contribution in [2.45, 2.75) is 13.5 Å². The Morgan fingerprint density at radius 3 is 2.76 bits per heavy atom. The quantitative estimate of drug-likeness (QED) is 0.707. The van der Waals surface area contributed by atoms with Gasteiger partial charge in [0.25, 0.3) is 5.91 Å². The summed E-state index contributed by atoms with van der Waals surface area (Å²) >= 11 is 11.9. The molecule has 0 atom stereocenters. The predicted octanol–water partition coefficient (Wildman–Crippen LogP) is 3.65. The highest BCUT2D eigenvalue weighted by Crippen LogP contribution is 2.27. The van der Waals surface area contributed by atoms with Gasteiger partial charge in [0, 0.05) is 5.69 Å². The molecule has 3 rings (SSSR count). The molecule has 0 saturated heterocycles. The first kappa shape index (κ1) is 17.2. The number of nitrogens with zero attached hydrogens (tertiary/aromatic N) is 3. The first-order valence-corrected chi connectivity index (χ1v) is 8.00. The van der Waals surface area contributed by atoms with Gasteiger partial charge in [-0.3, -0.25) is 4.79 Å². The number of nitrogens with one attached hydrogen (secondary N) is 2. The van der Waals surface area contributed by atoms with Crippen molar-refractivity contribution in [2.75, 3.05) is 5.32 Å². The molecule has 0 radical (unpaired) electrons. The summed E-state index contributed by atoms with van der Waals surface area (Å²) in [4.78, 5) is 12.6. The molecule has 0 aliphatic carbocycles. The molecular weight excluding hydrogens is 365 g/mol. The van der Waals surface area contributed by atoms with Crippen molar-refractivity contribution >= 4 is 34.8 Å². The highest BCUT2D eigenvalue weighted by atomic mass is 35.5. The predicted molar refractivity (Wildman–Crippen MR) is 94.1 cm³/mol. The van der Waals surface area contributed by atoms with Gasteiger partial charge in [0.1, 0.15) is 5.75 Å². The number of ether oxygens (including phenoxy) is 1. The Morgan fingerprint density at radius 1 is 1.20 bits per heavy atom. The molecule has 1 amide bonds. The number of tetrazole rings is 1. The van der Waals surface area contributed by atoms with E-state index < -0.39 is 0 Å². The van der Waals surface area contributed by atoms with Crippen LogP contribution in [-0.2, 0) is 6.61 Å². The molecule has 0 saturated carbocycles. The number of halogens is 2. The maximum atomic E-state index is 12.6. The average Bonchev–Trinajstić information content (AvgIpc) is 3.10. The van der Waals surface area contributed by atoms with Crippen molar-refractivity contribution in [2.24, 2.45) is 0 Å². The Kier molecular flexibility index (Phi) is 5.16. The SMILES string of the molecule is Cc1ccc(OCc2nn[nH]n2)c(C(=O)Nc2ccc(Cl)c(Cl)c2)c1. The van der Waals surface area contributed by atoms with E-state index in [-0.39, 0.29) is 12.5 Å². The minimum atomic E-state index is -0.329. The van der Waals surface area contributed by atoms with E-state index >= 15 is 0 Å². The number of anilines is 1. The van der Waals surface area contributed by atoms with Crippen molar-refractivity contribution in [3.05, 3.63) is 63.4 Å². The summed E-state index contributed by atoms with van der Waals surface area (Å²) in [6, 6.07) is 10.2. The van der Waals surface area contributed by atoms with Crippen molar-refractivity contribution in [1.82, 2.24) is 20.6 Å². The molecule has 25 heavy (non-hydrogen) atoms. The Morgan fingerprint density at radius 2 is 2.04 bits per heavy atom. The molecule has 128 valence electrons. The number of aromatic amines is 1. The van der Waals surface area contributed by atoms with E-state index in [1.54, 1.807) is 30.3 Å². The van der Waals surface area contributed by atoms with Gasteiger partial charge in [0.05, 0.1) is 15.6 Å². The van der Waals surface area contributed by atoms with Crippen LogP contribution in [0.4, 0.5) is 5.69 Å². The Hall–Kier alpha value is -2.64. The fraction of sp³-hybridized carbons (Fsp3) is 0.125. The monoisotopic (exact) mass is 377 g/mol. The van der Waals surface area contributed by atoms with E-state index in [0.29, 0.717) is 32.9 Å². The zero-order valence-electron chi connectivity index (χ0n) is 13.1. The molecule has 7 nitrogen and oxygen atoms in total. The molecule has 2 N–H and O–H groups in total. The fourth-order valence-corrected chi connectivity index (χ4v) is 2.40. The Labute approximate surface area is 153 Å². The summed E-state index contributed by atoms with van der Waals surface area (Å²) in [7, 11) is 0. The van der Waals surface area contributed by atoms with Gasteiger partial charge in [0.15, 0.2) is 6.61 Å². The molecule has 0 unspecified atom stereocenters. The highest BCUT2D eigenvalue weighted by Gasteiger charge is 2.15. The zero-order chi connectivity index (χ0) is 17.8. The lowest BCUT2D eigenvalue weighted by molar-refractivity contribution is 0.102. The van der Waals surface area contributed by atoms with Gasteiger partial charge in [-0.2, -0.15) is 5.21 Å². The summed E-state index contributed by atoms with van der Waals surface area (Å²) in [6.07, 6.45) is 0. The lowest BCUT2D eigenvalue weighted by Crippen LogP contribution is -2.14. The molecule has 3 aromatic rings. The van der Waals surface area contributed by atoms with Gasteiger partial charge < -0.3 is 10.1 Å². The molecule has 0 aliphatic rings. The average molecular weight is 378 g/mol. The van der Waals surface area contributed by atoms with Crippen LogP contribution in [0.25, 0.3) is 0 Å². The van der Waals surface area contributed by atoms with Crippen LogP contribution >= 0.6 is 23.2 Å². The van der Waals surface area contributed by atoms with Crippen LogP contribution in [0.1, 0.15) is 21.7 Å². The number of carbonyl (C=O) groups is 1. The van der Waals surface area contributed by atoms with Gasteiger partial charge in [0.2, 0.25) is 5.82 Å². The Balaban J connectivity index is 1.80. The third kappa shape index (κ3) is 4.26. The molecule has 9 heteroatoms. The topological polar surface area (TPSA) is 92.8 Å². The number of H-pyrrole nitrogens is 1. The smallest absolute Gasteiger partial charge is 0.259 e. The standard InChI is InChI=1S/C16H13Cl2N5O2/c1-9-2-5-14(25-8-15-20-22-23-21-15)11(6-9)16(24)19-10-3-4-12(17)13(18)7-10/h2-7H,8H2,1H3,(H,19,24)(H,20,21,22,23).